The van der Waals surface area contributed by atoms with Gasteiger partial charge in [-0.05, 0) is 19.3 Å². The molecule has 0 aromatic carbocycles. The largest absolute Gasteiger partial charge is 0.478 e. The lowest BCUT2D eigenvalue weighted by Crippen LogP contribution is -2.48. The highest BCUT2D eigenvalue weighted by Gasteiger charge is 2.34. The number of ether oxygens (including phenoxy) is 1. The van der Waals surface area contributed by atoms with Gasteiger partial charge < -0.3 is 20.5 Å². The maximum absolute atomic E-state index is 11.7. The average molecular weight is 342 g/mol. The molecule has 3 atom stereocenters. The van der Waals surface area contributed by atoms with Crippen molar-refractivity contribution in [3.05, 3.63) is 12.2 Å². The van der Waals surface area contributed by atoms with E-state index in [0.717, 1.165) is 37.2 Å². The van der Waals surface area contributed by atoms with E-state index < -0.39 is 11.9 Å². The van der Waals surface area contributed by atoms with Gasteiger partial charge in [-0.2, -0.15) is 0 Å². The fraction of sp³-hybridized carbons (Fsp3) is 0.667. The number of nitrogens with zero attached hydrogens (tertiary/aromatic N) is 1. The number of amides is 1. The van der Waals surface area contributed by atoms with Crippen molar-refractivity contribution < 1.29 is 24.2 Å². The van der Waals surface area contributed by atoms with Crippen LogP contribution in [-0.4, -0.2) is 58.2 Å². The summed E-state index contributed by atoms with van der Waals surface area (Å²) >= 11 is 1.30. The summed E-state index contributed by atoms with van der Waals surface area (Å²) in [5.74, 6) is -1.08. The highest BCUT2D eigenvalue weighted by molar-refractivity contribution is 8.13. The minimum absolute atomic E-state index is 0.00988. The van der Waals surface area contributed by atoms with E-state index in [1.807, 2.05) is 0 Å². The molecular weight excluding hydrogens is 320 g/mol. The molecule has 2 fully saturated rings. The fourth-order valence-corrected chi connectivity index (χ4v) is 3.91. The van der Waals surface area contributed by atoms with Crippen LogP contribution in [0.3, 0.4) is 0 Å². The third-order valence-electron chi connectivity index (χ3n) is 4.21. The summed E-state index contributed by atoms with van der Waals surface area (Å²) in [6.07, 6.45) is 4.88. The zero-order chi connectivity index (χ0) is 16.8. The van der Waals surface area contributed by atoms with E-state index >= 15 is 0 Å². The number of hydrogen-bond donors (Lipinski definition) is 2. The molecule has 0 spiro atoms. The van der Waals surface area contributed by atoms with Gasteiger partial charge in [0.1, 0.15) is 6.10 Å². The zero-order valence-electron chi connectivity index (χ0n) is 12.8. The van der Waals surface area contributed by atoms with Gasteiger partial charge in [-0.3, -0.25) is 4.79 Å². The van der Waals surface area contributed by atoms with Gasteiger partial charge in [-0.25, -0.2) is 9.59 Å². The highest BCUT2D eigenvalue weighted by Crippen LogP contribution is 2.30. The number of esters is 1. The second-order valence-corrected chi connectivity index (χ2v) is 6.87. The van der Waals surface area contributed by atoms with Crippen molar-refractivity contribution in [2.24, 2.45) is 11.7 Å². The van der Waals surface area contributed by atoms with E-state index in [-0.39, 0.29) is 23.3 Å². The van der Waals surface area contributed by atoms with Crippen LogP contribution in [-0.2, 0) is 14.3 Å². The van der Waals surface area contributed by atoms with Crippen LogP contribution in [0, 0.1) is 5.92 Å². The minimum atomic E-state index is -1.19. The van der Waals surface area contributed by atoms with Gasteiger partial charge in [0.15, 0.2) is 0 Å². The molecule has 1 aliphatic carbocycles. The molecular formula is C15H22N2O5S. The molecule has 1 amide bonds. The summed E-state index contributed by atoms with van der Waals surface area (Å²) in [6.45, 7) is 1.17. The van der Waals surface area contributed by atoms with Gasteiger partial charge in [0.2, 0.25) is 0 Å². The van der Waals surface area contributed by atoms with Crippen LogP contribution in [0.4, 0.5) is 4.79 Å². The van der Waals surface area contributed by atoms with Crippen molar-refractivity contribution in [3.8, 4) is 0 Å². The van der Waals surface area contributed by atoms with Gasteiger partial charge in [-0.1, -0.05) is 18.2 Å². The quantitative estimate of drug-likeness (QED) is 0.552. The first-order chi connectivity index (χ1) is 11.0. The van der Waals surface area contributed by atoms with Crippen LogP contribution >= 0.6 is 11.8 Å². The molecule has 1 heterocycles. The van der Waals surface area contributed by atoms with Crippen molar-refractivity contribution in [3.63, 3.8) is 0 Å². The summed E-state index contributed by atoms with van der Waals surface area (Å²) in [6, 6.07) is -0.251. The number of nitrogens with two attached hydrogens (primary N) is 1. The predicted molar refractivity (Wildman–Crippen MR) is 86.0 cm³/mol. The van der Waals surface area contributed by atoms with Crippen LogP contribution in [0.2, 0.25) is 0 Å². The molecule has 7 nitrogen and oxygen atoms in total. The number of thioether (sulfide) groups is 1. The Labute approximate surface area is 139 Å². The molecule has 0 bridgehead atoms. The van der Waals surface area contributed by atoms with Crippen LogP contribution < -0.4 is 5.73 Å². The molecule has 0 unspecified atom stereocenters. The molecule has 0 aromatic rings. The van der Waals surface area contributed by atoms with E-state index in [9.17, 15) is 14.4 Å². The first-order valence-electron chi connectivity index (χ1n) is 7.76. The highest BCUT2D eigenvalue weighted by atomic mass is 32.2. The maximum Gasteiger partial charge on any atom is 0.331 e. The third kappa shape index (κ3) is 5.24. The molecule has 1 saturated carbocycles. The van der Waals surface area contributed by atoms with Crippen LogP contribution in [0.5, 0.6) is 0 Å². The van der Waals surface area contributed by atoms with E-state index in [0.29, 0.717) is 19.5 Å². The van der Waals surface area contributed by atoms with Crippen molar-refractivity contribution in [2.45, 2.75) is 37.8 Å². The Morgan fingerprint density at radius 2 is 2.13 bits per heavy atom. The molecule has 0 radical (unpaired) electrons. The molecule has 23 heavy (non-hydrogen) atoms. The number of carboxylic acid groups (broad SMARTS) is 1. The molecule has 1 aliphatic heterocycles. The number of hydrogen-bond acceptors (Lipinski definition) is 6. The molecule has 0 aromatic heterocycles. The Morgan fingerprint density at radius 1 is 1.39 bits per heavy atom. The Morgan fingerprint density at radius 3 is 2.78 bits per heavy atom. The Balaban J connectivity index is 1.92. The SMILES string of the molecule is N[C@@H](CN1CCSC1=O)[C@@H]1CCCC[C@H]1OC(=O)C=CC(=O)O. The monoisotopic (exact) mass is 342 g/mol. The summed E-state index contributed by atoms with van der Waals surface area (Å²) < 4.78 is 5.39. The summed E-state index contributed by atoms with van der Waals surface area (Å²) in [7, 11) is 0. The summed E-state index contributed by atoms with van der Waals surface area (Å²) in [5, 5.41) is 8.59. The van der Waals surface area contributed by atoms with E-state index in [1.54, 1.807) is 4.90 Å². The smallest absolute Gasteiger partial charge is 0.331 e. The van der Waals surface area contributed by atoms with Gasteiger partial charge in [0.25, 0.3) is 5.24 Å². The number of rotatable bonds is 6. The third-order valence-corrected chi connectivity index (χ3v) is 5.10. The number of carbonyl (C=O) groups excluding carboxylic acids is 2. The van der Waals surface area contributed by atoms with Crippen LogP contribution in [0.25, 0.3) is 0 Å². The topological polar surface area (TPSA) is 110 Å². The number of carboxylic acids is 1. The first kappa shape index (κ1) is 17.8. The van der Waals surface area contributed by atoms with E-state index in [1.165, 1.54) is 11.8 Å². The van der Waals surface area contributed by atoms with Gasteiger partial charge >= 0.3 is 11.9 Å². The van der Waals surface area contributed by atoms with Crippen molar-refractivity contribution in [1.29, 1.82) is 0 Å². The average Bonchev–Trinajstić information content (AvgIpc) is 2.91. The second-order valence-electron chi connectivity index (χ2n) is 5.82. The maximum atomic E-state index is 11.7. The minimum Gasteiger partial charge on any atom is -0.478 e. The Bertz CT molecular complexity index is 496. The lowest BCUT2D eigenvalue weighted by atomic mass is 9.81. The van der Waals surface area contributed by atoms with Gasteiger partial charge in [0.05, 0.1) is 0 Å². The van der Waals surface area contributed by atoms with E-state index in [4.69, 9.17) is 15.6 Å². The molecule has 3 N–H and O–H groups in total. The molecule has 128 valence electrons. The standard InChI is InChI=1S/C15H22N2O5S/c16-11(9-17-7-8-23-15(17)21)10-3-1-2-4-12(10)22-14(20)6-5-13(18)19/h5-6,10-12H,1-4,7-9,16H2,(H,18,19)/t10-,11-,12+/m0/s1. The lowest BCUT2D eigenvalue weighted by Gasteiger charge is -2.36. The normalized spacial score (nSPS) is 26.5. The fourth-order valence-electron chi connectivity index (χ4n) is 3.07. The van der Waals surface area contributed by atoms with Gasteiger partial charge in [-0.15, -0.1) is 0 Å². The predicted octanol–water partition coefficient (Wildman–Crippen LogP) is 1.23. The number of aliphatic carboxylic acids is 1. The summed E-state index contributed by atoms with van der Waals surface area (Å²) in [4.78, 5) is 35.6. The van der Waals surface area contributed by atoms with Crippen molar-refractivity contribution >= 4 is 28.9 Å². The number of carbonyl (C=O) groups is 3. The zero-order valence-corrected chi connectivity index (χ0v) is 13.7. The van der Waals surface area contributed by atoms with Crippen molar-refractivity contribution in [2.75, 3.05) is 18.8 Å². The Kier molecular flexibility index (Phi) is 6.47. The molecule has 2 aliphatic rings. The second kappa shape index (κ2) is 8.35. The molecule has 1 saturated heterocycles. The first-order valence-corrected chi connectivity index (χ1v) is 8.75. The van der Waals surface area contributed by atoms with Crippen LogP contribution in [0.15, 0.2) is 12.2 Å². The lowest BCUT2D eigenvalue weighted by molar-refractivity contribution is -0.148. The van der Waals surface area contributed by atoms with E-state index in [2.05, 4.69) is 0 Å². The molecule has 2 rings (SSSR count). The van der Waals surface area contributed by atoms with Crippen LogP contribution in [0.1, 0.15) is 25.7 Å². The summed E-state index contributed by atoms with van der Waals surface area (Å²) in [5.41, 5.74) is 6.27. The Hall–Kier alpha value is -1.54. The van der Waals surface area contributed by atoms with Crippen molar-refractivity contribution in [1.82, 2.24) is 4.90 Å². The molecule has 8 heteroatoms. The van der Waals surface area contributed by atoms with Gasteiger partial charge in [0, 0.05) is 43.0 Å².